The van der Waals surface area contributed by atoms with Crippen LogP contribution in [0.2, 0.25) is 0 Å². The summed E-state index contributed by atoms with van der Waals surface area (Å²) in [6.07, 6.45) is 0. The number of nitrogens with two attached hydrogens (primary N) is 1. The summed E-state index contributed by atoms with van der Waals surface area (Å²) in [4.78, 5) is 29.4. The van der Waals surface area contributed by atoms with Crippen molar-refractivity contribution in [2.45, 2.75) is 6.54 Å². The Labute approximate surface area is 126 Å². The van der Waals surface area contributed by atoms with Crippen molar-refractivity contribution in [3.63, 3.8) is 0 Å². The van der Waals surface area contributed by atoms with Crippen LogP contribution in [0.1, 0.15) is 15.5 Å². The fourth-order valence-corrected chi connectivity index (χ4v) is 2.36. The molecule has 1 aromatic heterocycles. The third kappa shape index (κ3) is 4.11. The molecular formula is C14H16N4O2S. The molecule has 0 aliphatic heterocycles. The number of thiazole rings is 1. The van der Waals surface area contributed by atoms with E-state index < -0.39 is 0 Å². The number of nitrogens with zero attached hydrogens (tertiary/aromatic N) is 2. The van der Waals surface area contributed by atoms with E-state index in [1.54, 1.807) is 24.6 Å². The Kier molecular flexibility index (Phi) is 5.02. The van der Waals surface area contributed by atoms with E-state index in [0.717, 1.165) is 0 Å². The molecule has 3 N–H and O–H groups in total. The van der Waals surface area contributed by atoms with Crippen molar-refractivity contribution in [1.82, 2.24) is 9.88 Å². The smallest absolute Gasteiger partial charge is 0.273 e. The van der Waals surface area contributed by atoms with Gasteiger partial charge < -0.3 is 16.0 Å². The van der Waals surface area contributed by atoms with E-state index in [9.17, 15) is 9.59 Å². The third-order valence-electron chi connectivity index (χ3n) is 2.73. The number of nitrogens with one attached hydrogen (secondary N) is 1. The highest BCUT2D eigenvalue weighted by Crippen LogP contribution is 2.11. The molecule has 110 valence electrons. The molecule has 2 rings (SSSR count). The number of anilines is 1. The molecule has 0 fully saturated rings. The summed E-state index contributed by atoms with van der Waals surface area (Å²) in [7, 11) is 1.56. The predicted octanol–water partition coefficient (Wildman–Crippen LogP) is 1.31. The van der Waals surface area contributed by atoms with Crippen LogP contribution in [0.15, 0.2) is 35.7 Å². The standard InChI is InChI=1S/C14H16N4O2S/c1-18(14(20)11-9-21-13(7-15)17-11)8-12(19)16-10-5-3-2-4-6-10/h2-6,9H,7-8,15H2,1H3,(H,16,19). The molecular weight excluding hydrogens is 288 g/mol. The van der Waals surface area contributed by atoms with Gasteiger partial charge in [-0.05, 0) is 12.1 Å². The number of carbonyl (C=O) groups excluding carboxylic acids is 2. The Balaban J connectivity index is 1.92. The number of rotatable bonds is 5. The van der Waals surface area contributed by atoms with Crippen molar-refractivity contribution in [2.24, 2.45) is 5.73 Å². The minimum Gasteiger partial charge on any atom is -0.331 e. The summed E-state index contributed by atoms with van der Waals surface area (Å²) in [5, 5.41) is 5.07. The molecule has 0 unspecified atom stereocenters. The Morgan fingerprint density at radius 2 is 2.05 bits per heavy atom. The van der Waals surface area contributed by atoms with Crippen molar-refractivity contribution in [1.29, 1.82) is 0 Å². The van der Waals surface area contributed by atoms with Crippen LogP contribution in [-0.2, 0) is 11.3 Å². The van der Waals surface area contributed by atoms with Crippen LogP contribution in [0.4, 0.5) is 5.69 Å². The lowest BCUT2D eigenvalue weighted by Crippen LogP contribution is -2.35. The van der Waals surface area contributed by atoms with Gasteiger partial charge in [-0.3, -0.25) is 9.59 Å². The summed E-state index contributed by atoms with van der Waals surface area (Å²) in [6, 6.07) is 9.09. The molecule has 0 radical (unpaired) electrons. The maximum absolute atomic E-state index is 12.1. The van der Waals surface area contributed by atoms with E-state index in [1.165, 1.54) is 16.2 Å². The number of hydrogen-bond acceptors (Lipinski definition) is 5. The van der Waals surface area contributed by atoms with Crippen molar-refractivity contribution in [3.8, 4) is 0 Å². The highest BCUT2D eigenvalue weighted by molar-refractivity contribution is 7.09. The van der Waals surface area contributed by atoms with Gasteiger partial charge >= 0.3 is 0 Å². The quantitative estimate of drug-likeness (QED) is 0.872. The molecule has 0 bridgehead atoms. The first-order valence-electron chi connectivity index (χ1n) is 6.35. The number of carbonyl (C=O) groups is 2. The van der Waals surface area contributed by atoms with Gasteiger partial charge in [0.2, 0.25) is 5.91 Å². The number of aromatic nitrogens is 1. The highest BCUT2D eigenvalue weighted by Gasteiger charge is 2.17. The van der Waals surface area contributed by atoms with Gasteiger partial charge in [-0.15, -0.1) is 11.3 Å². The summed E-state index contributed by atoms with van der Waals surface area (Å²) in [5.74, 6) is -0.555. The van der Waals surface area contributed by atoms with Gasteiger partial charge in [0.05, 0.1) is 6.54 Å². The van der Waals surface area contributed by atoms with E-state index in [4.69, 9.17) is 5.73 Å². The van der Waals surface area contributed by atoms with E-state index in [-0.39, 0.29) is 18.4 Å². The van der Waals surface area contributed by atoms with Gasteiger partial charge in [-0.25, -0.2) is 4.98 Å². The van der Waals surface area contributed by atoms with E-state index in [1.807, 2.05) is 18.2 Å². The molecule has 21 heavy (non-hydrogen) atoms. The first-order valence-corrected chi connectivity index (χ1v) is 7.23. The van der Waals surface area contributed by atoms with Gasteiger partial charge in [0.1, 0.15) is 10.7 Å². The molecule has 7 heteroatoms. The van der Waals surface area contributed by atoms with Crippen LogP contribution in [0.3, 0.4) is 0 Å². The number of hydrogen-bond donors (Lipinski definition) is 2. The Morgan fingerprint density at radius 3 is 2.67 bits per heavy atom. The summed E-state index contributed by atoms with van der Waals surface area (Å²) in [5.41, 5.74) is 6.48. The molecule has 0 aliphatic rings. The Morgan fingerprint density at radius 1 is 1.33 bits per heavy atom. The van der Waals surface area contributed by atoms with E-state index in [0.29, 0.717) is 22.9 Å². The van der Waals surface area contributed by atoms with E-state index >= 15 is 0 Å². The zero-order valence-electron chi connectivity index (χ0n) is 11.6. The van der Waals surface area contributed by atoms with Gasteiger partial charge in [0.25, 0.3) is 5.91 Å². The number of amides is 2. The van der Waals surface area contributed by atoms with Crippen molar-refractivity contribution in [2.75, 3.05) is 18.9 Å². The predicted molar refractivity (Wildman–Crippen MR) is 82.0 cm³/mol. The normalized spacial score (nSPS) is 10.2. The molecule has 6 nitrogen and oxygen atoms in total. The molecule has 1 heterocycles. The molecule has 0 aliphatic carbocycles. The van der Waals surface area contributed by atoms with Crippen LogP contribution < -0.4 is 11.1 Å². The minimum absolute atomic E-state index is 0.0385. The van der Waals surface area contributed by atoms with Gasteiger partial charge in [0.15, 0.2) is 0 Å². The largest absolute Gasteiger partial charge is 0.331 e. The van der Waals surface area contributed by atoms with Crippen molar-refractivity contribution in [3.05, 3.63) is 46.4 Å². The van der Waals surface area contributed by atoms with E-state index in [2.05, 4.69) is 10.3 Å². The maximum atomic E-state index is 12.1. The van der Waals surface area contributed by atoms with Crippen LogP contribution in [-0.4, -0.2) is 35.3 Å². The van der Waals surface area contributed by atoms with Crippen molar-refractivity contribution < 1.29 is 9.59 Å². The minimum atomic E-state index is -0.297. The Hall–Kier alpha value is -2.25. The third-order valence-corrected chi connectivity index (χ3v) is 3.60. The average Bonchev–Trinajstić information content (AvgIpc) is 2.96. The lowest BCUT2D eigenvalue weighted by molar-refractivity contribution is -0.116. The lowest BCUT2D eigenvalue weighted by atomic mass is 10.3. The van der Waals surface area contributed by atoms with Gasteiger partial charge in [0, 0.05) is 24.7 Å². The zero-order chi connectivity index (χ0) is 15.2. The fraction of sp³-hybridized carbons (Fsp3) is 0.214. The second-order valence-corrected chi connectivity index (χ2v) is 5.35. The molecule has 0 spiro atoms. The second-order valence-electron chi connectivity index (χ2n) is 4.41. The molecule has 0 atom stereocenters. The first-order chi connectivity index (χ1) is 10.1. The number of para-hydroxylation sites is 1. The molecule has 2 amide bonds. The van der Waals surface area contributed by atoms with Crippen LogP contribution in [0.5, 0.6) is 0 Å². The topological polar surface area (TPSA) is 88.3 Å². The summed E-state index contributed by atoms with van der Waals surface area (Å²) >= 11 is 1.33. The fourth-order valence-electron chi connectivity index (χ4n) is 1.71. The number of likely N-dealkylation sites (N-methyl/N-ethyl adjacent to an activating group) is 1. The van der Waals surface area contributed by atoms with Crippen molar-refractivity contribution >= 4 is 28.8 Å². The highest BCUT2D eigenvalue weighted by atomic mass is 32.1. The molecule has 0 saturated carbocycles. The molecule has 2 aromatic rings. The van der Waals surface area contributed by atoms with Crippen LogP contribution in [0, 0.1) is 0 Å². The monoisotopic (exact) mass is 304 g/mol. The SMILES string of the molecule is CN(CC(=O)Nc1ccccc1)C(=O)c1csc(CN)n1. The van der Waals surface area contributed by atoms with Gasteiger partial charge in [-0.2, -0.15) is 0 Å². The molecule has 1 aromatic carbocycles. The Bertz CT molecular complexity index is 627. The summed E-state index contributed by atoms with van der Waals surface area (Å²) in [6.45, 7) is 0.263. The first kappa shape index (κ1) is 15.1. The maximum Gasteiger partial charge on any atom is 0.273 e. The lowest BCUT2D eigenvalue weighted by Gasteiger charge is -2.15. The van der Waals surface area contributed by atoms with Crippen LogP contribution >= 0.6 is 11.3 Å². The average molecular weight is 304 g/mol. The number of benzene rings is 1. The molecule has 0 saturated heterocycles. The van der Waals surface area contributed by atoms with Crippen LogP contribution in [0.25, 0.3) is 0 Å². The summed E-state index contributed by atoms with van der Waals surface area (Å²) < 4.78 is 0. The zero-order valence-corrected chi connectivity index (χ0v) is 12.4. The second kappa shape index (κ2) is 6.96. The van der Waals surface area contributed by atoms with Gasteiger partial charge in [-0.1, -0.05) is 18.2 Å².